The standard InChI is InChI=1S/C20H25N3O2/c1-2-25-19-10-8-16(9-11-19)21-20(24)22-17-12-14-23(15-13-17)18-6-4-3-5-7-18/h3-11,17H,2,12-15H2,1H3,(H2,21,22,24). The van der Waals surface area contributed by atoms with E-state index >= 15 is 0 Å². The van der Waals surface area contributed by atoms with Crippen LogP contribution < -0.4 is 20.3 Å². The minimum atomic E-state index is -0.151. The highest BCUT2D eigenvalue weighted by molar-refractivity contribution is 5.89. The van der Waals surface area contributed by atoms with Crippen molar-refractivity contribution < 1.29 is 9.53 Å². The molecule has 1 aliphatic rings. The summed E-state index contributed by atoms with van der Waals surface area (Å²) in [6.07, 6.45) is 1.90. The van der Waals surface area contributed by atoms with Gasteiger partial charge in [0, 0.05) is 30.5 Å². The van der Waals surface area contributed by atoms with Crippen molar-refractivity contribution in [1.82, 2.24) is 5.32 Å². The van der Waals surface area contributed by atoms with E-state index in [1.54, 1.807) is 0 Å². The Balaban J connectivity index is 1.44. The van der Waals surface area contributed by atoms with Gasteiger partial charge in [-0.15, -0.1) is 0 Å². The smallest absolute Gasteiger partial charge is 0.319 e. The van der Waals surface area contributed by atoms with Crippen molar-refractivity contribution in [3.05, 3.63) is 54.6 Å². The molecule has 0 saturated carbocycles. The lowest BCUT2D eigenvalue weighted by Crippen LogP contribution is -2.46. The van der Waals surface area contributed by atoms with Gasteiger partial charge in [0.25, 0.3) is 0 Å². The first kappa shape index (κ1) is 17.1. The number of urea groups is 1. The van der Waals surface area contributed by atoms with Gasteiger partial charge in [0.2, 0.25) is 0 Å². The Bertz CT molecular complexity index is 665. The molecule has 1 aliphatic heterocycles. The Morgan fingerprint density at radius 1 is 1.08 bits per heavy atom. The molecule has 5 nitrogen and oxygen atoms in total. The molecule has 25 heavy (non-hydrogen) atoms. The third kappa shape index (κ3) is 4.89. The number of para-hydroxylation sites is 1. The Hall–Kier alpha value is -2.69. The highest BCUT2D eigenvalue weighted by Crippen LogP contribution is 2.20. The Morgan fingerprint density at radius 2 is 1.76 bits per heavy atom. The van der Waals surface area contributed by atoms with Gasteiger partial charge in [-0.1, -0.05) is 18.2 Å². The number of benzene rings is 2. The molecule has 2 aromatic rings. The number of carbonyl (C=O) groups is 1. The van der Waals surface area contributed by atoms with E-state index in [4.69, 9.17) is 4.74 Å². The van der Waals surface area contributed by atoms with Gasteiger partial charge in [-0.25, -0.2) is 4.79 Å². The van der Waals surface area contributed by atoms with Gasteiger partial charge in [-0.05, 0) is 56.2 Å². The van der Waals surface area contributed by atoms with Crippen molar-refractivity contribution in [2.24, 2.45) is 0 Å². The molecule has 1 heterocycles. The number of ether oxygens (including phenoxy) is 1. The molecule has 0 unspecified atom stereocenters. The number of nitrogens with one attached hydrogen (secondary N) is 2. The second kappa shape index (κ2) is 8.42. The summed E-state index contributed by atoms with van der Waals surface area (Å²) in [5.74, 6) is 0.807. The van der Waals surface area contributed by atoms with Gasteiger partial charge in [0.05, 0.1) is 6.61 Å². The van der Waals surface area contributed by atoms with Crippen LogP contribution in [-0.4, -0.2) is 31.8 Å². The zero-order chi connectivity index (χ0) is 17.5. The quantitative estimate of drug-likeness (QED) is 0.869. The zero-order valence-corrected chi connectivity index (χ0v) is 14.6. The maximum Gasteiger partial charge on any atom is 0.319 e. The summed E-state index contributed by atoms with van der Waals surface area (Å²) in [4.78, 5) is 14.5. The number of anilines is 2. The minimum Gasteiger partial charge on any atom is -0.494 e. The van der Waals surface area contributed by atoms with E-state index in [1.165, 1.54) is 5.69 Å². The van der Waals surface area contributed by atoms with Gasteiger partial charge in [0.1, 0.15) is 5.75 Å². The lowest BCUT2D eigenvalue weighted by atomic mass is 10.0. The minimum absolute atomic E-state index is 0.151. The molecule has 0 aliphatic carbocycles. The van der Waals surface area contributed by atoms with Crippen LogP contribution in [0.25, 0.3) is 0 Å². The molecule has 0 atom stereocenters. The average molecular weight is 339 g/mol. The molecule has 1 fully saturated rings. The van der Waals surface area contributed by atoms with Crippen molar-refractivity contribution >= 4 is 17.4 Å². The van der Waals surface area contributed by atoms with Crippen LogP contribution in [0.3, 0.4) is 0 Å². The summed E-state index contributed by atoms with van der Waals surface area (Å²) >= 11 is 0. The molecule has 2 aromatic carbocycles. The first-order chi connectivity index (χ1) is 12.2. The summed E-state index contributed by atoms with van der Waals surface area (Å²) in [5, 5.41) is 5.95. The fourth-order valence-corrected chi connectivity index (χ4v) is 3.07. The molecular weight excluding hydrogens is 314 g/mol. The van der Waals surface area contributed by atoms with Crippen LogP contribution in [0.2, 0.25) is 0 Å². The number of amides is 2. The van der Waals surface area contributed by atoms with Crippen LogP contribution in [0.5, 0.6) is 5.75 Å². The SMILES string of the molecule is CCOc1ccc(NC(=O)NC2CCN(c3ccccc3)CC2)cc1. The molecular formula is C20H25N3O2. The third-order valence-electron chi connectivity index (χ3n) is 4.37. The second-order valence-corrected chi connectivity index (χ2v) is 6.15. The molecule has 0 aromatic heterocycles. The monoisotopic (exact) mass is 339 g/mol. The maximum atomic E-state index is 12.2. The molecule has 132 valence electrons. The second-order valence-electron chi connectivity index (χ2n) is 6.15. The van der Waals surface area contributed by atoms with Crippen LogP contribution in [-0.2, 0) is 0 Å². The van der Waals surface area contributed by atoms with E-state index in [-0.39, 0.29) is 12.1 Å². The summed E-state index contributed by atoms with van der Waals surface area (Å²) in [5.41, 5.74) is 2.02. The molecule has 0 bridgehead atoms. The van der Waals surface area contributed by atoms with E-state index in [2.05, 4.69) is 39.8 Å². The van der Waals surface area contributed by atoms with Crippen molar-refractivity contribution in [2.75, 3.05) is 29.9 Å². The third-order valence-corrected chi connectivity index (χ3v) is 4.37. The number of hydrogen-bond donors (Lipinski definition) is 2. The summed E-state index contributed by atoms with van der Waals surface area (Å²) < 4.78 is 5.40. The molecule has 2 amide bonds. The van der Waals surface area contributed by atoms with Crippen LogP contribution in [0.4, 0.5) is 16.2 Å². The Morgan fingerprint density at radius 3 is 2.40 bits per heavy atom. The molecule has 0 spiro atoms. The Kier molecular flexibility index (Phi) is 5.77. The van der Waals surface area contributed by atoms with Crippen LogP contribution >= 0.6 is 0 Å². The fraction of sp³-hybridized carbons (Fsp3) is 0.350. The number of rotatable bonds is 5. The predicted molar refractivity (Wildman–Crippen MR) is 101 cm³/mol. The van der Waals surface area contributed by atoms with E-state index in [0.29, 0.717) is 6.61 Å². The van der Waals surface area contributed by atoms with Crippen molar-refractivity contribution in [3.8, 4) is 5.75 Å². The lowest BCUT2D eigenvalue weighted by molar-refractivity contribution is 0.246. The van der Waals surface area contributed by atoms with E-state index < -0.39 is 0 Å². The summed E-state index contributed by atoms with van der Waals surface area (Å²) in [6.45, 7) is 4.49. The van der Waals surface area contributed by atoms with Crippen LogP contribution in [0, 0.1) is 0 Å². The normalized spacial score (nSPS) is 14.8. The predicted octanol–water partition coefficient (Wildman–Crippen LogP) is 3.88. The first-order valence-corrected chi connectivity index (χ1v) is 8.85. The fourth-order valence-electron chi connectivity index (χ4n) is 3.07. The molecule has 5 heteroatoms. The molecule has 0 radical (unpaired) electrons. The number of carbonyl (C=O) groups excluding carboxylic acids is 1. The molecule has 3 rings (SSSR count). The number of piperidine rings is 1. The topological polar surface area (TPSA) is 53.6 Å². The van der Waals surface area contributed by atoms with E-state index in [0.717, 1.165) is 37.4 Å². The highest BCUT2D eigenvalue weighted by Gasteiger charge is 2.20. The number of hydrogen-bond acceptors (Lipinski definition) is 3. The molecule has 1 saturated heterocycles. The molecule has 2 N–H and O–H groups in total. The van der Waals surface area contributed by atoms with E-state index in [9.17, 15) is 4.79 Å². The van der Waals surface area contributed by atoms with Crippen molar-refractivity contribution in [1.29, 1.82) is 0 Å². The van der Waals surface area contributed by atoms with Gasteiger partial charge in [0.15, 0.2) is 0 Å². The Labute approximate surface area is 149 Å². The van der Waals surface area contributed by atoms with Gasteiger partial charge < -0.3 is 20.3 Å². The van der Waals surface area contributed by atoms with Crippen molar-refractivity contribution in [3.63, 3.8) is 0 Å². The van der Waals surface area contributed by atoms with Crippen LogP contribution in [0.1, 0.15) is 19.8 Å². The largest absolute Gasteiger partial charge is 0.494 e. The van der Waals surface area contributed by atoms with Gasteiger partial charge >= 0.3 is 6.03 Å². The van der Waals surface area contributed by atoms with Crippen LogP contribution in [0.15, 0.2) is 54.6 Å². The average Bonchev–Trinajstić information content (AvgIpc) is 2.65. The number of nitrogens with zero attached hydrogens (tertiary/aromatic N) is 1. The summed E-state index contributed by atoms with van der Waals surface area (Å²) in [7, 11) is 0. The first-order valence-electron chi connectivity index (χ1n) is 8.85. The summed E-state index contributed by atoms with van der Waals surface area (Å²) in [6, 6.07) is 17.9. The maximum absolute atomic E-state index is 12.2. The zero-order valence-electron chi connectivity index (χ0n) is 14.6. The van der Waals surface area contributed by atoms with E-state index in [1.807, 2.05) is 37.3 Å². The van der Waals surface area contributed by atoms with Gasteiger partial charge in [-0.2, -0.15) is 0 Å². The van der Waals surface area contributed by atoms with Crippen molar-refractivity contribution in [2.45, 2.75) is 25.8 Å². The van der Waals surface area contributed by atoms with Gasteiger partial charge in [-0.3, -0.25) is 0 Å². The highest BCUT2D eigenvalue weighted by atomic mass is 16.5. The lowest BCUT2D eigenvalue weighted by Gasteiger charge is -2.33.